The maximum Gasteiger partial charge on any atom is 0.361 e. The van der Waals surface area contributed by atoms with Crippen molar-refractivity contribution in [3.8, 4) is 0 Å². The first-order valence-electron chi connectivity index (χ1n) is 9.19. The molecular weight excluding hydrogens is 433 g/mol. The van der Waals surface area contributed by atoms with E-state index in [-0.39, 0.29) is 12.4 Å². The Morgan fingerprint density at radius 1 is 1.13 bits per heavy atom. The fourth-order valence-corrected chi connectivity index (χ4v) is 3.08. The molecule has 31 heavy (non-hydrogen) atoms. The highest BCUT2D eigenvalue weighted by Crippen LogP contribution is 2.48. The predicted octanol–water partition coefficient (Wildman–Crippen LogP) is 1.68. The van der Waals surface area contributed by atoms with E-state index >= 15 is 0 Å². The zero-order chi connectivity index (χ0) is 23.1. The highest BCUT2D eigenvalue weighted by atomic mass is 31.2. The van der Waals surface area contributed by atoms with E-state index < -0.39 is 44.9 Å². The molecule has 0 saturated carbocycles. The molecule has 0 spiro atoms. The molecule has 2 aromatic rings. The molecule has 0 aliphatic carbocycles. The second kappa shape index (κ2) is 10.6. The van der Waals surface area contributed by atoms with E-state index in [1.807, 2.05) is 0 Å². The van der Waals surface area contributed by atoms with Crippen molar-refractivity contribution < 1.29 is 37.4 Å². The first-order chi connectivity index (χ1) is 14.5. The topological polar surface area (TPSA) is 167 Å². The van der Waals surface area contributed by atoms with E-state index in [2.05, 4.69) is 19.7 Å². The molecule has 0 fully saturated rings. The van der Waals surface area contributed by atoms with E-state index in [0.29, 0.717) is 17.7 Å². The Labute approximate surface area is 178 Å². The SMILES string of the molecule is CC(=O)OCOP(=O)(COCCn1cnc2c(N)ncnc21)OCOC(=O)C(C)(C)C. The number of carbonyl (C=O) groups excluding carboxylic acids is 2. The summed E-state index contributed by atoms with van der Waals surface area (Å²) < 4.78 is 39.7. The van der Waals surface area contributed by atoms with Crippen LogP contribution in [0.1, 0.15) is 27.7 Å². The molecule has 2 aromatic heterocycles. The van der Waals surface area contributed by atoms with E-state index in [9.17, 15) is 14.2 Å². The smallest absolute Gasteiger partial charge is 0.361 e. The summed E-state index contributed by atoms with van der Waals surface area (Å²) in [6.45, 7) is 5.35. The molecule has 14 heteroatoms. The van der Waals surface area contributed by atoms with Gasteiger partial charge in [0.05, 0.1) is 18.3 Å². The number of esters is 2. The van der Waals surface area contributed by atoms with Crippen LogP contribution in [-0.2, 0) is 44.0 Å². The van der Waals surface area contributed by atoms with Crippen LogP contribution in [0, 0.1) is 5.41 Å². The van der Waals surface area contributed by atoms with Crippen LogP contribution >= 0.6 is 7.60 Å². The number of hydrogen-bond donors (Lipinski definition) is 1. The van der Waals surface area contributed by atoms with Gasteiger partial charge >= 0.3 is 19.5 Å². The van der Waals surface area contributed by atoms with Crippen molar-refractivity contribution in [2.75, 3.05) is 32.3 Å². The number of rotatable bonds is 11. The number of nitrogens with two attached hydrogens (primary N) is 1. The molecule has 172 valence electrons. The second-order valence-corrected chi connectivity index (χ2v) is 9.33. The standard InChI is InChI=1S/C17H26N5O8P/c1-12(23)27-9-29-31(25,30-10-28-16(24)17(2,3)4)11-26-6-5-22-8-21-13-14(18)19-7-20-15(13)22/h7-8H,5-6,9-11H2,1-4H3,(H2,18,19,20). The van der Waals surface area contributed by atoms with Crippen LogP contribution in [0.3, 0.4) is 0 Å². The summed E-state index contributed by atoms with van der Waals surface area (Å²) in [5.41, 5.74) is 5.97. The highest BCUT2D eigenvalue weighted by molar-refractivity contribution is 7.53. The Balaban J connectivity index is 1.90. The number of ether oxygens (including phenoxy) is 3. The largest absolute Gasteiger partial charge is 0.438 e. The number of anilines is 1. The van der Waals surface area contributed by atoms with Gasteiger partial charge in [-0.2, -0.15) is 0 Å². The van der Waals surface area contributed by atoms with Crippen molar-refractivity contribution in [3.63, 3.8) is 0 Å². The second-order valence-electron chi connectivity index (χ2n) is 7.33. The number of hydrogen-bond acceptors (Lipinski definition) is 12. The molecule has 0 radical (unpaired) electrons. The minimum absolute atomic E-state index is 0.0986. The monoisotopic (exact) mass is 459 g/mol. The number of aromatic nitrogens is 4. The van der Waals surface area contributed by atoms with Crippen molar-refractivity contribution in [2.45, 2.75) is 34.2 Å². The first-order valence-corrected chi connectivity index (χ1v) is 10.9. The normalized spacial score (nSPS) is 13.7. The highest BCUT2D eigenvalue weighted by Gasteiger charge is 2.29. The molecule has 0 amide bonds. The van der Waals surface area contributed by atoms with Gasteiger partial charge in [0, 0.05) is 13.5 Å². The van der Waals surface area contributed by atoms with Gasteiger partial charge in [0.25, 0.3) is 0 Å². The van der Waals surface area contributed by atoms with Gasteiger partial charge in [-0.1, -0.05) is 0 Å². The van der Waals surface area contributed by atoms with Gasteiger partial charge in [0.2, 0.25) is 13.6 Å². The van der Waals surface area contributed by atoms with E-state index in [0.717, 1.165) is 0 Å². The summed E-state index contributed by atoms with van der Waals surface area (Å²) in [4.78, 5) is 34.8. The molecule has 1 atom stereocenters. The lowest BCUT2D eigenvalue weighted by Crippen LogP contribution is -2.24. The van der Waals surface area contributed by atoms with E-state index in [4.69, 9.17) is 24.3 Å². The number of carbonyl (C=O) groups is 2. The summed E-state index contributed by atoms with van der Waals surface area (Å²) in [6.07, 6.45) is 2.38. The van der Waals surface area contributed by atoms with Crippen LogP contribution in [0.4, 0.5) is 5.82 Å². The average molecular weight is 459 g/mol. The fourth-order valence-electron chi connectivity index (χ4n) is 2.08. The Bertz CT molecular complexity index is 958. The van der Waals surface area contributed by atoms with Gasteiger partial charge in [-0.15, -0.1) is 0 Å². The molecule has 13 nitrogen and oxygen atoms in total. The van der Waals surface area contributed by atoms with Crippen LogP contribution in [0.2, 0.25) is 0 Å². The molecule has 0 aliphatic rings. The average Bonchev–Trinajstić information content (AvgIpc) is 3.09. The lowest BCUT2D eigenvalue weighted by molar-refractivity contribution is -0.160. The van der Waals surface area contributed by atoms with Crippen molar-refractivity contribution in [1.29, 1.82) is 0 Å². The van der Waals surface area contributed by atoms with E-state index in [1.165, 1.54) is 19.6 Å². The lowest BCUT2D eigenvalue weighted by Gasteiger charge is -2.20. The minimum Gasteiger partial charge on any atom is -0.438 e. The number of fused-ring (bicyclic) bond motifs is 1. The molecule has 0 aromatic carbocycles. The predicted molar refractivity (Wildman–Crippen MR) is 107 cm³/mol. The van der Waals surface area contributed by atoms with Crippen LogP contribution in [0.25, 0.3) is 11.2 Å². The van der Waals surface area contributed by atoms with Gasteiger partial charge in [-0.25, -0.2) is 15.0 Å². The Morgan fingerprint density at radius 3 is 2.45 bits per heavy atom. The van der Waals surface area contributed by atoms with Crippen LogP contribution in [0.15, 0.2) is 12.7 Å². The number of imidazole rings is 1. The Kier molecular flexibility index (Phi) is 8.45. The van der Waals surface area contributed by atoms with Gasteiger partial charge in [0.15, 0.2) is 11.5 Å². The molecule has 1 unspecified atom stereocenters. The van der Waals surface area contributed by atoms with Crippen molar-refractivity contribution in [1.82, 2.24) is 19.5 Å². The zero-order valence-corrected chi connectivity index (χ0v) is 18.7. The maximum absolute atomic E-state index is 12.8. The number of nitrogen functional groups attached to an aromatic ring is 1. The van der Waals surface area contributed by atoms with Gasteiger partial charge in [0.1, 0.15) is 18.2 Å². The van der Waals surface area contributed by atoms with E-state index in [1.54, 1.807) is 25.3 Å². The Morgan fingerprint density at radius 2 is 1.81 bits per heavy atom. The third-order valence-corrected chi connectivity index (χ3v) is 5.22. The quantitative estimate of drug-likeness (QED) is 0.224. The number of nitrogens with zero attached hydrogens (tertiary/aromatic N) is 4. The van der Waals surface area contributed by atoms with Gasteiger partial charge in [-0.3, -0.25) is 23.2 Å². The van der Waals surface area contributed by atoms with Crippen molar-refractivity contribution >= 4 is 36.5 Å². The summed E-state index contributed by atoms with van der Waals surface area (Å²) in [5.74, 6) is -0.917. The third kappa shape index (κ3) is 7.55. The summed E-state index contributed by atoms with van der Waals surface area (Å²) in [6, 6.07) is 0. The van der Waals surface area contributed by atoms with Crippen LogP contribution in [-0.4, -0.2) is 58.0 Å². The lowest BCUT2D eigenvalue weighted by atomic mass is 9.98. The van der Waals surface area contributed by atoms with Crippen LogP contribution in [0.5, 0.6) is 0 Å². The molecule has 0 saturated heterocycles. The van der Waals surface area contributed by atoms with Crippen molar-refractivity contribution in [3.05, 3.63) is 12.7 Å². The molecule has 0 bridgehead atoms. The molecule has 2 heterocycles. The summed E-state index contributed by atoms with van der Waals surface area (Å²) >= 11 is 0. The fraction of sp³-hybridized carbons (Fsp3) is 0.588. The summed E-state index contributed by atoms with van der Waals surface area (Å²) in [7, 11) is -3.89. The Hall–Kier alpha value is -2.60. The maximum atomic E-state index is 12.8. The molecule has 2 N–H and O–H groups in total. The first kappa shape index (κ1) is 24.7. The molecular formula is C17H26N5O8P. The zero-order valence-electron chi connectivity index (χ0n) is 17.8. The summed E-state index contributed by atoms with van der Waals surface area (Å²) in [5, 5.41) is 0. The van der Waals surface area contributed by atoms with Crippen molar-refractivity contribution in [2.24, 2.45) is 5.41 Å². The molecule has 2 rings (SSSR count). The van der Waals surface area contributed by atoms with Crippen LogP contribution < -0.4 is 5.73 Å². The van der Waals surface area contributed by atoms with Gasteiger partial charge < -0.3 is 24.5 Å². The van der Waals surface area contributed by atoms with Gasteiger partial charge in [-0.05, 0) is 20.8 Å². The molecule has 0 aliphatic heterocycles. The minimum atomic E-state index is -3.89. The third-order valence-electron chi connectivity index (χ3n) is 3.72.